The topological polar surface area (TPSA) is 84.2 Å². The molecule has 4 aromatic rings. The van der Waals surface area contributed by atoms with Crippen LogP contribution >= 0.6 is 34.5 Å². The monoisotopic (exact) mass is 533 g/mol. The molecule has 0 saturated heterocycles. The Kier molecular flexibility index (Phi) is 6.58. The number of benzene rings is 3. The van der Waals surface area contributed by atoms with Crippen molar-refractivity contribution < 1.29 is 9.59 Å². The lowest BCUT2D eigenvalue weighted by Gasteiger charge is -2.29. The number of ketones is 1. The minimum Gasteiger partial charge on any atom is -0.397 e. The number of amides is 1. The highest BCUT2D eigenvalue weighted by Crippen LogP contribution is 2.51. The number of carbonyl (C=O) groups is 2. The van der Waals surface area contributed by atoms with Crippen molar-refractivity contribution in [3.05, 3.63) is 122 Å². The number of thiophene rings is 1. The normalized spacial score (nSPS) is 14.7. The number of allylic oxidation sites excluding steroid dienone is 1. The van der Waals surface area contributed by atoms with Gasteiger partial charge in [0.1, 0.15) is 4.88 Å². The van der Waals surface area contributed by atoms with Crippen molar-refractivity contribution in [2.75, 3.05) is 16.4 Å². The van der Waals surface area contributed by atoms with Crippen LogP contribution in [0.25, 0.3) is 0 Å². The number of hydrogen-bond acceptors (Lipinski definition) is 5. The zero-order valence-electron chi connectivity index (χ0n) is 19.1. The van der Waals surface area contributed by atoms with E-state index >= 15 is 0 Å². The Morgan fingerprint density at radius 1 is 0.944 bits per heavy atom. The number of fused-ring (bicyclic) bond motifs is 1. The summed E-state index contributed by atoms with van der Waals surface area (Å²) in [7, 11) is 0. The SMILES string of the molecule is CC1=C(C(=O)Nc2ccccc2)[C@@H](c2ccccc2Cl)c2c(sc(C(=O)c3ccc(Cl)cc3)c2N)N1. The fraction of sp³-hybridized carbons (Fsp3) is 0.0714. The van der Waals surface area contributed by atoms with Crippen LogP contribution in [0.2, 0.25) is 10.0 Å². The summed E-state index contributed by atoms with van der Waals surface area (Å²) in [5.74, 6) is -1.06. The van der Waals surface area contributed by atoms with E-state index in [0.29, 0.717) is 53.7 Å². The number of nitrogen functional groups attached to an aromatic ring is 1. The molecule has 1 aromatic heterocycles. The summed E-state index contributed by atoms with van der Waals surface area (Å²) >= 11 is 13.9. The van der Waals surface area contributed by atoms with Crippen LogP contribution in [0, 0.1) is 0 Å². The van der Waals surface area contributed by atoms with Crippen molar-refractivity contribution in [3.63, 3.8) is 0 Å². The third-order valence-electron chi connectivity index (χ3n) is 6.07. The lowest BCUT2D eigenvalue weighted by Crippen LogP contribution is -2.27. The summed E-state index contributed by atoms with van der Waals surface area (Å²) in [5, 5.41) is 8.05. The third-order valence-corrected chi connectivity index (χ3v) is 7.80. The molecule has 5 nitrogen and oxygen atoms in total. The van der Waals surface area contributed by atoms with Gasteiger partial charge in [0, 0.05) is 44.0 Å². The first-order chi connectivity index (χ1) is 17.3. The van der Waals surface area contributed by atoms with E-state index in [1.165, 1.54) is 11.3 Å². The molecule has 0 saturated carbocycles. The zero-order valence-corrected chi connectivity index (χ0v) is 21.5. The second kappa shape index (κ2) is 9.82. The Hall–Kier alpha value is -3.58. The molecule has 4 N–H and O–H groups in total. The quantitative estimate of drug-likeness (QED) is 0.234. The van der Waals surface area contributed by atoms with Gasteiger partial charge < -0.3 is 16.4 Å². The van der Waals surface area contributed by atoms with Crippen molar-refractivity contribution >= 4 is 62.6 Å². The smallest absolute Gasteiger partial charge is 0.254 e. The van der Waals surface area contributed by atoms with E-state index in [9.17, 15) is 9.59 Å². The van der Waals surface area contributed by atoms with Crippen molar-refractivity contribution in [2.24, 2.45) is 0 Å². The summed E-state index contributed by atoms with van der Waals surface area (Å²) in [6.45, 7) is 1.84. The number of nitrogens with one attached hydrogen (secondary N) is 2. The molecule has 3 aromatic carbocycles. The fourth-order valence-corrected chi connectivity index (χ4v) is 5.92. The van der Waals surface area contributed by atoms with Gasteiger partial charge >= 0.3 is 0 Å². The number of para-hydroxylation sites is 1. The zero-order chi connectivity index (χ0) is 25.4. The van der Waals surface area contributed by atoms with Crippen molar-refractivity contribution in [2.45, 2.75) is 12.8 Å². The first kappa shape index (κ1) is 24.1. The summed E-state index contributed by atoms with van der Waals surface area (Å²) in [6.07, 6.45) is 0. The summed E-state index contributed by atoms with van der Waals surface area (Å²) in [4.78, 5) is 27.4. The highest BCUT2D eigenvalue weighted by molar-refractivity contribution is 7.19. The van der Waals surface area contributed by atoms with Crippen LogP contribution in [0.15, 0.2) is 90.1 Å². The maximum absolute atomic E-state index is 13.6. The molecule has 0 aliphatic carbocycles. The summed E-state index contributed by atoms with van der Waals surface area (Å²) < 4.78 is 0. The molecule has 1 aliphatic heterocycles. The summed E-state index contributed by atoms with van der Waals surface area (Å²) in [6, 6.07) is 23.3. The Balaban J connectivity index is 1.64. The van der Waals surface area contributed by atoms with Gasteiger partial charge in [-0.25, -0.2) is 0 Å². The van der Waals surface area contributed by atoms with Gasteiger partial charge in [0.05, 0.1) is 10.7 Å². The number of anilines is 3. The Labute approximate surface area is 222 Å². The average Bonchev–Trinajstić information content (AvgIpc) is 3.19. The Morgan fingerprint density at radius 2 is 1.61 bits per heavy atom. The molecule has 1 aliphatic rings. The number of hydrogen-bond donors (Lipinski definition) is 3. The number of halogens is 2. The van der Waals surface area contributed by atoms with Gasteiger partial charge in [-0.15, -0.1) is 11.3 Å². The highest BCUT2D eigenvalue weighted by atomic mass is 35.5. The Bertz CT molecular complexity index is 1510. The predicted molar refractivity (Wildman–Crippen MR) is 148 cm³/mol. The van der Waals surface area contributed by atoms with E-state index < -0.39 is 5.92 Å². The number of carbonyl (C=O) groups excluding carboxylic acids is 2. The molecule has 0 fully saturated rings. The standard InChI is InChI=1S/C28H21Cl2N3O2S/c1-15-21(27(35)33-18-7-3-2-4-8-18)22(19-9-5-6-10-20(19)30)23-24(31)26(36-28(23)32-15)25(34)16-11-13-17(29)14-12-16/h2-14,22,32H,31H2,1H3,(H,33,35)/t22-/m1/s1. The highest BCUT2D eigenvalue weighted by Gasteiger charge is 2.38. The molecule has 0 bridgehead atoms. The molecular formula is C28H21Cl2N3O2S. The van der Waals surface area contributed by atoms with Crippen LogP contribution in [0.1, 0.15) is 39.2 Å². The molecule has 2 heterocycles. The minimum absolute atomic E-state index is 0.212. The van der Waals surface area contributed by atoms with Crippen LogP contribution in [0.5, 0.6) is 0 Å². The van der Waals surface area contributed by atoms with Crippen molar-refractivity contribution in [1.82, 2.24) is 0 Å². The van der Waals surface area contributed by atoms with E-state index in [0.717, 1.165) is 5.56 Å². The average molecular weight is 534 g/mol. The molecule has 1 atom stereocenters. The van der Waals surface area contributed by atoms with Gasteiger partial charge in [0.2, 0.25) is 5.78 Å². The first-order valence-electron chi connectivity index (χ1n) is 11.2. The van der Waals surface area contributed by atoms with Crippen LogP contribution in [0.4, 0.5) is 16.4 Å². The second-order valence-electron chi connectivity index (χ2n) is 8.36. The van der Waals surface area contributed by atoms with Crippen LogP contribution in [-0.2, 0) is 4.79 Å². The van der Waals surface area contributed by atoms with Gasteiger partial charge in [-0.2, -0.15) is 0 Å². The Morgan fingerprint density at radius 3 is 2.31 bits per heavy atom. The third kappa shape index (κ3) is 4.39. The molecule has 0 spiro atoms. The molecule has 5 rings (SSSR count). The van der Waals surface area contributed by atoms with Crippen LogP contribution in [-0.4, -0.2) is 11.7 Å². The lowest BCUT2D eigenvalue weighted by atomic mass is 9.81. The largest absolute Gasteiger partial charge is 0.397 e. The van der Waals surface area contributed by atoms with Crippen molar-refractivity contribution in [1.29, 1.82) is 0 Å². The molecule has 0 radical (unpaired) electrons. The molecule has 36 heavy (non-hydrogen) atoms. The molecular weight excluding hydrogens is 513 g/mol. The van der Waals surface area contributed by atoms with Gasteiger partial charge in [0.25, 0.3) is 5.91 Å². The second-order valence-corrected chi connectivity index (χ2v) is 10.2. The molecule has 8 heteroatoms. The van der Waals surface area contributed by atoms with Crippen molar-refractivity contribution in [3.8, 4) is 0 Å². The molecule has 0 unspecified atom stereocenters. The van der Waals surface area contributed by atoms with E-state index in [1.807, 2.05) is 55.5 Å². The van der Waals surface area contributed by atoms with Gasteiger partial charge in [-0.3, -0.25) is 9.59 Å². The maximum atomic E-state index is 13.6. The minimum atomic E-state index is -0.568. The number of nitrogens with two attached hydrogens (primary N) is 1. The van der Waals surface area contributed by atoms with Gasteiger partial charge in [-0.05, 0) is 55.0 Å². The van der Waals surface area contributed by atoms with E-state index in [2.05, 4.69) is 10.6 Å². The van der Waals surface area contributed by atoms with Crippen LogP contribution in [0.3, 0.4) is 0 Å². The van der Waals surface area contributed by atoms with Gasteiger partial charge in [-0.1, -0.05) is 59.6 Å². The van der Waals surface area contributed by atoms with E-state index in [1.54, 1.807) is 30.3 Å². The maximum Gasteiger partial charge on any atom is 0.254 e. The van der Waals surface area contributed by atoms with Gasteiger partial charge in [0.15, 0.2) is 0 Å². The first-order valence-corrected chi connectivity index (χ1v) is 12.7. The lowest BCUT2D eigenvalue weighted by molar-refractivity contribution is -0.113. The van der Waals surface area contributed by atoms with E-state index in [4.69, 9.17) is 28.9 Å². The molecule has 180 valence electrons. The van der Waals surface area contributed by atoms with Crippen LogP contribution < -0.4 is 16.4 Å². The predicted octanol–water partition coefficient (Wildman–Crippen LogP) is 7.34. The molecule has 1 amide bonds. The number of rotatable bonds is 5. The summed E-state index contributed by atoms with van der Waals surface area (Å²) in [5.41, 5.74) is 10.7. The van der Waals surface area contributed by atoms with E-state index in [-0.39, 0.29) is 11.7 Å². The fourth-order valence-electron chi connectivity index (χ4n) is 4.38.